The van der Waals surface area contributed by atoms with Crippen molar-refractivity contribution in [3.05, 3.63) is 62.3 Å². The third kappa shape index (κ3) is 4.72. The van der Waals surface area contributed by atoms with Gasteiger partial charge >= 0.3 is 6.18 Å². The van der Waals surface area contributed by atoms with Crippen molar-refractivity contribution in [2.45, 2.75) is 12.6 Å². The van der Waals surface area contributed by atoms with E-state index in [-0.39, 0.29) is 4.88 Å². The van der Waals surface area contributed by atoms with Crippen LogP contribution in [0, 0.1) is 10.1 Å². The Hall–Kier alpha value is -3.08. The van der Waals surface area contributed by atoms with Crippen LogP contribution in [0.3, 0.4) is 0 Å². The minimum atomic E-state index is -4.96. The molecule has 0 fully saturated rings. The zero-order valence-corrected chi connectivity index (χ0v) is 13.6. The van der Waals surface area contributed by atoms with Crippen LogP contribution in [0.15, 0.2) is 46.9 Å². The van der Waals surface area contributed by atoms with Crippen molar-refractivity contribution in [2.75, 3.05) is 0 Å². The predicted molar refractivity (Wildman–Crippen MR) is 87.3 cm³/mol. The lowest BCUT2D eigenvalue weighted by atomic mass is 10.1. The molecule has 1 heterocycles. The van der Waals surface area contributed by atoms with Gasteiger partial charge in [0.1, 0.15) is 11.3 Å². The van der Waals surface area contributed by atoms with Gasteiger partial charge in [-0.05, 0) is 17.5 Å². The van der Waals surface area contributed by atoms with Crippen molar-refractivity contribution in [1.29, 1.82) is 0 Å². The van der Waals surface area contributed by atoms with Crippen molar-refractivity contribution in [2.24, 2.45) is 5.10 Å². The van der Waals surface area contributed by atoms with Crippen molar-refractivity contribution < 1.29 is 27.7 Å². The lowest BCUT2D eigenvalue weighted by Gasteiger charge is -2.10. The molecule has 0 bridgehead atoms. The number of nitrogens with one attached hydrogen (secondary N) is 1. The number of Topliss-reactive ketones (excluding diaryl/α,β-unsaturated/α-hetero) is 1. The maximum atomic E-state index is 13.0. The number of hydrazone groups is 1. The molecule has 26 heavy (non-hydrogen) atoms. The normalized spacial score (nSPS) is 11.9. The largest absolute Gasteiger partial charge is 0.431 e. The minimum Gasteiger partial charge on any atom is -0.293 e. The monoisotopic (exact) mass is 385 g/mol. The summed E-state index contributed by atoms with van der Waals surface area (Å²) in [4.78, 5) is 33.9. The van der Waals surface area contributed by atoms with Crippen LogP contribution in [0.2, 0.25) is 0 Å². The molecule has 1 aromatic carbocycles. The number of nitrogens with zero attached hydrogens (tertiary/aromatic N) is 2. The topological polar surface area (TPSA) is 102 Å². The Morgan fingerprint density at radius 3 is 2.46 bits per heavy atom. The summed E-state index contributed by atoms with van der Waals surface area (Å²) in [5.41, 5.74) is -0.916. The number of halogens is 3. The van der Waals surface area contributed by atoms with E-state index in [1.807, 2.05) is 0 Å². The third-order valence-electron chi connectivity index (χ3n) is 3.09. The van der Waals surface area contributed by atoms with Gasteiger partial charge in [0, 0.05) is 6.07 Å². The van der Waals surface area contributed by atoms with Crippen LogP contribution in [0.25, 0.3) is 0 Å². The molecule has 7 nitrogen and oxygen atoms in total. The maximum Gasteiger partial charge on any atom is 0.431 e. The number of ketones is 1. The Kier molecular flexibility index (Phi) is 5.82. The molecule has 0 aliphatic carbocycles. The van der Waals surface area contributed by atoms with Crippen LogP contribution in [0.1, 0.15) is 26.5 Å². The van der Waals surface area contributed by atoms with E-state index in [1.165, 1.54) is 29.6 Å². The van der Waals surface area contributed by atoms with Crippen LogP contribution in [0.5, 0.6) is 0 Å². The number of nitro groups is 1. The molecule has 1 N–H and O–H groups in total. The highest BCUT2D eigenvalue weighted by Gasteiger charge is 2.37. The molecule has 1 aromatic heterocycles. The number of para-hydroxylation sites is 1. The Morgan fingerprint density at radius 1 is 1.19 bits per heavy atom. The van der Waals surface area contributed by atoms with Crippen LogP contribution >= 0.6 is 11.3 Å². The van der Waals surface area contributed by atoms with E-state index >= 15 is 0 Å². The zero-order valence-electron chi connectivity index (χ0n) is 12.8. The van der Waals surface area contributed by atoms with Gasteiger partial charge in [0.25, 0.3) is 11.6 Å². The zero-order chi connectivity index (χ0) is 19.3. The van der Waals surface area contributed by atoms with Crippen LogP contribution in [-0.4, -0.2) is 28.5 Å². The molecule has 0 aliphatic heterocycles. The summed E-state index contributed by atoms with van der Waals surface area (Å²) in [6, 6.07) is 7.61. The third-order valence-corrected chi connectivity index (χ3v) is 4.00. The minimum absolute atomic E-state index is 0.118. The molecular formula is C15H10F3N3O4S. The van der Waals surface area contributed by atoms with E-state index in [9.17, 15) is 32.9 Å². The van der Waals surface area contributed by atoms with Crippen LogP contribution in [-0.2, 0) is 0 Å². The number of amides is 1. The van der Waals surface area contributed by atoms with E-state index in [1.54, 1.807) is 5.43 Å². The van der Waals surface area contributed by atoms with Gasteiger partial charge in [-0.25, -0.2) is 5.43 Å². The second kappa shape index (κ2) is 7.87. The van der Waals surface area contributed by atoms with Gasteiger partial charge in [-0.15, -0.1) is 11.3 Å². The lowest BCUT2D eigenvalue weighted by molar-refractivity contribution is -0.385. The molecule has 0 atom stereocenters. The van der Waals surface area contributed by atoms with Gasteiger partial charge in [0.2, 0.25) is 0 Å². The summed E-state index contributed by atoms with van der Waals surface area (Å²) >= 11 is 0.976. The Bertz CT molecular complexity index is 863. The molecule has 0 spiro atoms. The van der Waals surface area contributed by atoms with Crippen LogP contribution < -0.4 is 5.43 Å². The summed E-state index contributed by atoms with van der Waals surface area (Å²) in [7, 11) is 0. The highest BCUT2D eigenvalue weighted by Crippen LogP contribution is 2.22. The predicted octanol–water partition coefficient (Wildman–Crippen LogP) is 3.58. The second-order valence-corrected chi connectivity index (χ2v) is 5.80. The van der Waals surface area contributed by atoms with Gasteiger partial charge < -0.3 is 0 Å². The van der Waals surface area contributed by atoms with Gasteiger partial charge in [0.15, 0.2) is 5.78 Å². The van der Waals surface area contributed by atoms with Gasteiger partial charge in [0.05, 0.1) is 16.2 Å². The van der Waals surface area contributed by atoms with E-state index < -0.39 is 46.2 Å². The number of benzene rings is 1. The number of hydrogen-bond donors (Lipinski definition) is 1. The Morgan fingerprint density at radius 2 is 1.88 bits per heavy atom. The highest BCUT2D eigenvalue weighted by atomic mass is 32.1. The van der Waals surface area contributed by atoms with Crippen molar-refractivity contribution in [1.82, 2.24) is 5.43 Å². The maximum absolute atomic E-state index is 13.0. The SMILES string of the molecule is O=C(CC(=NNC(=O)c1ccccc1[N+](=O)[O-])C(F)(F)F)c1cccs1. The van der Waals surface area contributed by atoms with Gasteiger partial charge in [-0.2, -0.15) is 18.3 Å². The first-order chi connectivity index (χ1) is 12.2. The standard InChI is InChI=1S/C15H10F3N3O4S/c16-15(17,18)13(8-11(22)12-6-3-7-26-12)19-20-14(23)9-4-1-2-5-10(9)21(24)25/h1-7H,8H2,(H,20,23). The number of rotatable bonds is 6. The summed E-state index contributed by atoms with van der Waals surface area (Å²) < 4.78 is 39.1. The first-order valence-electron chi connectivity index (χ1n) is 6.94. The average Bonchev–Trinajstić information content (AvgIpc) is 3.11. The smallest absolute Gasteiger partial charge is 0.293 e. The number of alkyl halides is 3. The molecule has 0 saturated carbocycles. The van der Waals surface area contributed by atoms with Crippen molar-refractivity contribution >= 4 is 34.4 Å². The summed E-state index contributed by atoms with van der Waals surface area (Å²) in [6.45, 7) is 0. The van der Waals surface area contributed by atoms with E-state index in [0.29, 0.717) is 0 Å². The fraction of sp³-hybridized carbons (Fsp3) is 0.133. The molecule has 0 unspecified atom stereocenters. The molecule has 136 valence electrons. The Labute approximate surface area is 148 Å². The molecule has 2 aromatic rings. The molecule has 0 aliphatic rings. The molecular weight excluding hydrogens is 375 g/mol. The quantitative estimate of drug-likeness (QED) is 0.355. The number of nitro benzene ring substituents is 1. The summed E-state index contributed by atoms with van der Waals surface area (Å²) in [5, 5.41) is 15.4. The molecule has 0 radical (unpaired) electrons. The fourth-order valence-corrected chi connectivity index (χ4v) is 2.55. The molecule has 1 amide bonds. The second-order valence-electron chi connectivity index (χ2n) is 4.85. The van der Waals surface area contributed by atoms with E-state index in [2.05, 4.69) is 5.10 Å². The number of carbonyl (C=O) groups excluding carboxylic acids is 2. The van der Waals surface area contributed by atoms with Crippen molar-refractivity contribution in [3.63, 3.8) is 0 Å². The van der Waals surface area contributed by atoms with Crippen molar-refractivity contribution in [3.8, 4) is 0 Å². The highest BCUT2D eigenvalue weighted by molar-refractivity contribution is 7.12. The summed E-state index contributed by atoms with van der Waals surface area (Å²) in [5.74, 6) is -2.00. The molecule has 11 heteroatoms. The number of hydrogen-bond acceptors (Lipinski definition) is 6. The Balaban J connectivity index is 2.22. The first kappa shape index (κ1) is 19.2. The average molecular weight is 385 g/mol. The van der Waals surface area contributed by atoms with Gasteiger partial charge in [-0.3, -0.25) is 19.7 Å². The van der Waals surface area contributed by atoms with E-state index in [0.717, 1.165) is 23.5 Å². The number of thiophene rings is 1. The van der Waals surface area contributed by atoms with Gasteiger partial charge in [-0.1, -0.05) is 18.2 Å². The molecule has 2 rings (SSSR count). The number of carbonyl (C=O) groups is 2. The van der Waals surface area contributed by atoms with E-state index in [4.69, 9.17) is 0 Å². The first-order valence-corrected chi connectivity index (χ1v) is 7.82. The summed E-state index contributed by atoms with van der Waals surface area (Å²) in [6.07, 6.45) is -6.02. The lowest BCUT2D eigenvalue weighted by Crippen LogP contribution is -2.30. The van der Waals surface area contributed by atoms with Crippen LogP contribution in [0.4, 0.5) is 18.9 Å². The fourth-order valence-electron chi connectivity index (χ4n) is 1.88. The molecule has 0 saturated heterocycles.